The molecule has 0 saturated heterocycles. The zero-order valence-electron chi connectivity index (χ0n) is 3.72. The fourth-order valence-corrected chi connectivity index (χ4v) is 0.0430. The lowest BCUT2D eigenvalue weighted by atomic mass is 10.5. The molecule has 0 radical (unpaired) electrons. The van der Waals surface area contributed by atoms with Gasteiger partial charge in [0.25, 0.3) is 0 Å². The molecule has 0 amide bonds. The van der Waals surface area contributed by atoms with Gasteiger partial charge in [0.1, 0.15) is 0 Å². The molecule has 1 atom stereocenters. The van der Waals surface area contributed by atoms with Crippen molar-refractivity contribution in [1.29, 1.82) is 0 Å². The highest BCUT2D eigenvalue weighted by Crippen LogP contribution is 1.77. The summed E-state index contributed by atoms with van der Waals surface area (Å²) < 4.78 is 0. The number of aliphatic hydroxyl groups is 1. The van der Waals surface area contributed by atoms with Gasteiger partial charge in [0.05, 0.1) is 12.7 Å². The first-order valence-electron chi connectivity index (χ1n) is 1.77. The van der Waals surface area contributed by atoms with Crippen molar-refractivity contribution in [1.82, 2.24) is 0 Å². The van der Waals surface area contributed by atoms with Crippen LogP contribution in [0, 0.1) is 0 Å². The van der Waals surface area contributed by atoms with E-state index in [4.69, 9.17) is 5.11 Å². The highest BCUT2D eigenvalue weighted by molar-refractivity contribution is 4.37. The molecule has 0 aromatic carbocycles. The monoisotopic (exact) mass is 91.1 g/mol. The molecule has 0 aromatic rings. The van der Waals surface area contributed by atoms with Crippen LogP contribution in [0.2, 0.25) is 0 Å². The molecule has 0 saturated carbocycles. The Bertz CT molecular complexity index is 28.0. The normalized spacial score (nSPS) is 14.5. The Balaban J connectivity index is 2.75. The van der Waals surface area contributed by atoms with Crippen LogP contribution in [0.5, 0.6) is 0 Å². The molecule has 0 heterocycles. The second-order valence-corrected chi connectivity index (χ2v) is 1.13. The van der Waals surface area contributed by atoms with Gasteiger partial charge in [-0.3, -0.25) is 4.84 Å². The van der Waals surface area contributed by atoms with Crippen LogP contribution in [0.25, 0.3) is 0 Å². The third-order valence-corrected chi connectivity index (χ3v) is 0.489. The minimum absolute atomic E-state index is 0.0174. The lowest BCUT2D eigenvalue weighted by Crippen LogP contribution is -2.16. The average molecular weight is 91.1 g/mol. The molecule has 3 N–H and O–H groups in total. The van der Waals surface area contributed by atoms with Crippen LogP contribution in [0.15, 0.2) is 0 Å². The van der Waals surface area contributed by atoms with E-state index in [-0.39, 0.29) is 12.7 Å². The summed E-state index contributed by atoms with van der Waals surface area (Å²) in [5.41, 5.74) is 0. The molecule has 6 heavy (non-hydrogen) atoms. The van der Waals surface area contributed by atoms with Crippen LogP contribution in [-0.4, -0.2) is 17.8 Å². The van der Waals surface area contributed by atoms with Crippen molar-refractivity contribution < 1.29 is 9.94 Å². The lowest BCUT2D eigenvalue weighted by molar-refractivity contribution is 0.0245. The van der Waals surface area contributed by atoms with E-state index in [1.54, 1.807) is 6.92 Å². The molecule has 0 rings (SSSR count). The highest BCUT2D eigenvalue weighted by atomic mass is 16.6. The van der Waals surface area contributed by atoms with Crippen molar-refractivity contribution in [2.75, 3.05) is 6.61 Å². The summed E-state index contributed by atoms with van der Waals surface area (Å²) in [4.78, 5) is 4.15. The Morgan fingerprint density at radius 2 is 2.50 bits per heavy atom. The van der Waals surface area contributed by atoms with E-state index < -0.39 is 0 Å². The topological polar surface area (TPSA) is 55.5 Å². The van der Waals surface area contributed by atoms with E-state index in [0.717, 1.165) is 0 Å². The summed E-state index contributed by atoms with van der Waals surface area (Å²) in [6, 6.07) is 0. The molecule has 0 spiro atoms. The van der Waals surface area contributed by atoms with E-state index in [1.165, 1.54) is 0 Å². The van der Waals surface area contributed by atoms with Gasteiger partial charge in [-0.1, -0.05) is 0 Å². The largest absolute Gasteiger partial charge is 0.394 e. The standard InChI is InChI=1S/C3H9NO2/c1-3(2-5)6-4/h3,5H,2,4H2,1H3. The third kappa shape index (κ3) is 2.14. The van der Waals surface area contributed by atoms with Crippen molar-refractivity contribution in [2.45, 2.75) is 13.0 Å². The molecule has 0 bridgehead atoms. The molecule has 0 fully saturated rings. The Morgan fingerprint density at radius 3 is 2.50 bits per heavy atom. The maximum absolute atomic E-state index is 8.13. The number of hydrogen-bond donors (Lipinski definition) is 2. The van der Waals surface area contributed by atoms with Crippen molar-refractivity contribution in [3.05, 3.63) is 0 Å². The molecule has 0 aliphatic heterocycles. The van der Waals surface area contributed by atoms with Crippen molar-refractivity contribution in [3.63, 3.8) is 0 Å². The second-order valence-electron chi connectivity index (χ2n) is 1.13. The van der Waals surface area contributed by atoms with E-state index in [9.17, 15) is 0 Å². The van der Waals surface area contributed by atoms with Gasteiger partial charge in [-0.15, -0.1) is 0 Å². The van der Waals surface area contributed by atoms with Crippen LogP contribution in [0.4, 0.5) is 0 Å². The molecule has 3 nitrogen and oxygen atoms in total. The molecule has 0 aliphatic carbocycles. The predicted molar refractivity (Wildman–Crippen MR) is 21.8 cm³/mol. The second kappa shape index (κ2) is 3.08. The minimum Gasteiger partial charge on any atom is -0.394 e. The summed E-state index contributed by atoms with van der Waals surface area (Å²) in [6.07, 6.45) is -0.231. The number of aliphatic hydroxyl groups excluding tert-OH is 1. The number of nitrogens with two attached hydrogens (primary N) is 1. The molecular weight excluding hydrogens is 82.0 g/mol. The average Bonchev–Trinajstić information content (AvgIpc) is 1.65. The lowest BCUT2D eigenvalue weighted by Gasteiger charge is -1.99. The van der Waals surface area contributed by atoms with Gasteiger partial charge in [0.15, 0.2) is 0 Å². The zero-order valence-corrected chi connectivity index (χ0v) is 3.72. The third-order valence-electron chi connectivity index (χ3n) is 0.489. The molecule has 0 aromatic heterocycles. The summed E-state index contributed by atoms with van der Waals surface area (Å²) in [5, 5.41) is 8.13. The summed E-state index contributed by atoms with van der Waals surface area (Å²) >= 11 is 0. The van der Waals surface area contributed by atoms with Crippen LogP contribution >= 0.6 is 0 Å². The molecular formula is C3H9NO2. The molecule has 3 heteroatoms. The zero-order chi connectivity index (χ0) is 4.99. The van der Waals surface area contributed by atoms with Gasteiger partial charge >= 0.3 is 0 Å². The first-order valence-corrected chi connectivity index (χ1v) is 1.77. The maximum atomic E-state index is 8.13. The van der Waals surface area contributed by atoms with E-state index in [1.807, 2.05) is 0 Å². The van der Waals surface area contributed by atoms with E-state index >= 15 is 0 Å². The predicted octanol–water partition coefficient (Wildman–Crippen LogP) is -0.743. The highest BCUT2D eigenvalue weighted by Gasteiger charge is 1.91. The number of hydrogen-bond acceptors (Lipinski definition) is 3. The quantitative estimate of drug-likeness (QED) is 0.440. The number of rotatable bonds is 2. The Hall–Kier alpha value is -0.120. The Morgan fingerprint density at radius 1 is 2.00 bits per heavy atom. The van der Waals surface area contributed by atoms with Gasteiger partial charge in [-0.2, -0.15) is 0 Å². The Labute approximate surface area is 36.7 Å². The van der Waals surface area contributed by atoms with E-state index in [0.29, 0.717) is 0 Å². The fourth-order valence-electron chi connectivity index (χ4n) is 0.0430. The van der Waals surface area contributed by atoms with Gasteiger partial charge in [0, 0.05) is 0 Å². The summed E-state index contributed by atoms with van der Waals surface area (Å²) in [7, 11) is 0. The molecule has 38 valence electrons. The summed E-state index contributed by atoms with van der Waals surface area (Å²) in [5.74, 6) is 4.62. The van der Waals surface area contributed by atoms with Gasteiger partial charge in [-0.25, -0.2) is 5.90 Å². The van der Waals surface area contributed by atoms with E-state index in [2.05, 4.69) is 10.7 Å². The van der Waals surface area contributed by atoms with Gasteiger partial charge in [0.2, 0.25) is 0 Å². The van der Waals surface area contributed by atoms with Crippen LogP contribution in [0.3, 0.4) is 0 Å². The maximum Gasteiger partial charge on any atom is 0.0989 e. The van der Waals surface area contributed by atoms with Gasteiger partial charge in [-0.05, 0) is 6.92 Å². The van der Waals surface area contributed by atoms with Crippen molar-refractivity contribution in [3.8, 4) is 0 Å². The van der Waals surface area contributed by atoms with Crippen LogP contribution < -0.4 is 5.90 Å². The van der Waals surface area contributed by atoms with Crippen molar-refractivity contribution in [2.24, 2.45) is 5.90 Å². The van der Waals surface area contributed by atoms with Crippen LogP contribution in [-0.2, 0) is 4.84 Å². The smallest absolute Gasteiger partial charge is 0.0989 e. The SMILES string of the molecule is CC(CO)ON. The van der Waals surface area contributed by atoms with Crippen LogP contribution in [0.1, 0.15) is 6.92 Å². The first kappa shape index (κ1) is 5.88. The molecule has 1 unspecified atom stereocenters. The minimum atomic E-state index is -0.231. The van der Waals surface area contributed by atoms with Gasteiger partial charge < -0.3 is 5.11 Å². The van der Waals surface area contributed by atoms with Crippen molar-refractivity contribution >= 4 is 0 Å². The first-order chi connectivity index (χ1) is 2.81. The fraction of sp³-hybridized carbons (Fsp3) is 1.00. The summed E-state index contributed by atoms with van der Waals surface area (Å²) in [6.45, 7) is 1.66. The molecule has 0 aliphatic rings. The Kier molecular flexibility index (Phi) is 3.02.